The third-order valence-electron chi connectivity index (χ3n) is 5.79. The molecule has 1 atom stereocenters. The summed E-state index contributed by atoms with van der Waals surface area (Å²) < 4.78 is 6.50. The fourth-order valence-electron chi connectivity index (χ4n) is 4.06. The fraction of sp³-hybridized carbons (Fsp3) is 0.238. The number of carbonyl (C=O) groups is 1. The van der Waals surface area contributed by atoms with Gasteiger partial charge in [-0.05, 0) is 43.2 Å². The van der Waals surface area contributed by atoms with Crippen molar-refractivity contribution in [2.24, 2.45) is 0 Å². The average molecular weight is 373 g/mol. The molecule has 2 aromatic heterocycles. The number of carbonyl (C=O) groups excluding carboxylic acids is 1. The quantitative estimate of drug-likeness (QED) is 0.473. The lowest BCUT2D eigenvalue weighted by Gasteiger charge is -2.21. The zero-order chi connectivity index (χ0) is 19.7. The third kappa shape index (κ3) is 2.03. The predicted molar refractivity (Wildman–Crippen MR) is 99.5 cm³/mol. The first kappa shape index (κ1) is 16.7. The van der Waals surface area contributed by atoms with Gasteiger partial charge in [-0.25, -0.2) is 9.78 Å². The Hall–Kier alpha value is -3.50. The van der Waals surface area contributed by atoms with E-state index in [9.17, 15) is 20.0 Å². The lowest BCUT2D eigenvalue weighted by atomic mass is 9.97. The number of hydrogen-bond acceptors (Lipinski definition) is 6. The SMILES string of the molecule is Cc1c(C#N)cc2nc3c(cc2c1C)Cn1c-3cc2c(c1=O)COC(=O)C2O. The van der Waals surface area contributed by atoms with Gasteiger partial charge in [0.2, 0.25) is 0 Å². The molecule has 28 heavy (non-hydrogen) atoms. The van der Waals surface area contributed by atoms with Crippen molar-refractivity contribution in [2.45, 2.75) is 33.1 Å². The summed E-state index contributed by atoms with van der Waals surface area (Å²) in [6.07, 6.45) is -1.47. The van der Waals surface area contributed by atoms with Gasteiger partial charge in [0.15, 0.2) is 6.10 Å². The van der Waals surface area contributed by atoms with Gasteiger partial charge in [-0.2, -0.15) is 5.26 Å². The van der Waals surface area contributed by atoms with Crippen LogP contribution in [0.5, 0.6) is 0 Å². The molecule has 1 unspecified atom stereocenters. The Labute approximate surface area is 159 Å². The van der Waals surface area contributed by atoms with Crippen LogP contribution in [-0.2, 0) is 22.7 Å². The van der Waals surface area contributed by atoms with E-state index >= 15 is 0 Å². The molecular weight excluding hydrogens is 358 g/mol. The van der Waals surface area contributed by atoms with Crippen molar-refractivity contribution in [3.8, 4) is 17.5 Å². The standard InChI is InChI=1S/C21H15N3O4/c1-9-10(2)13-3-12-7-24-17(18(12)23-16(13)4-11(9)6-22)5-14-15(20(24)26)8-28-21(27)19(14)25/h3-5,19,25H,7-8H2,1-2H3. The summed E-state index contributed by atoms with van der Waals surface area (Å²) in [4.78, 5) is 29.4. The monoisotopic (exact) mass is 373 g/mol. The van der Waals surface area contributed by atoms with Gasteiger partial charge < -0.3 is 14.4 Å². The number of pyridine rings is 2. The first-order valence-corrected chi connectivity index (χ1v) is 8.86. The molecule has 0 saturated heterocycles. The van der Waals surface area contributed by atoms with Crippen LogP contribution in [0, 0.1) is 25.2 Å². The maximum Gasteiger partial charge on any atom is 0.340 e. The molecule has 7 heteroatoms. The number of aliphatic hydroxyl groups is 1. The maximum atomic E-state index is 12.9. The molecule has 4 heterocycles. The normalized spacial score (nSPS) is 16.9. The number of nitriles is 1. The summed E-state index contributed by atoms with van der Waals surface area (Å²) in [5, 5.41) is 20.5. The van der Waals surface area contributed by atoms with E-state index in [1.54, 1.807) is 16.7 Å². The molecule has 0 fully saturated rings. The second kappa shape index (κ2) is 5.50. The van der Waals surface area contributed by atoms with Crippen molar-refractivity contribution in [1.29, 1.82) is 5.26 Å². The summed E-state index contributed by atoms with van der Waals surface area (Å²) in [5.74, 6) is -0.758. The number of fused-ring (bicyclic) bond motifs is 5. The first-order valence-electron chi connectivity index (χ1n) is 8.86. The number of aromatic nitrogens is 2. The van der Waals surface area contributed by atoms with Crippen LogP contribution in [0.4, 0.5) is 0 Å². The Morgan fingerprint density at radius 2 is 2.04 bits per heavy atom. The molecule has 3 aromatic rings. The Balaban J connectivity index is 1.80. The van der Waals surface area contributed by atoms with Crippen LogP contribution in [0.15, 0.2) is 23.0 Å². The van der Waals surface area contributed by atoms with Gasteiger partial charge in [0, 0.05) is 16.5 Å². The van der Waals surface area contributed by atoms with E-state index in [2.05, 4.69) is 6.07 Å². The highest BCUT2D eigenvalue weighted by Gasteiger charge is 2.33. The molecule has 7 nitrogen and oxygen atoms in total. The predicted octanol–water partition coefficient (Wildman–Crippen LogP) is 2.00. The summed E-state index contributed by atoms with van der Waals surface area (Å²) in [6.45, 7) is 4.09. The zero-order valence-corrected chi connectivity index (χ0v) is 15.2. The highest BCUT2D eigenvalue weighted by Crippen LogP contribution is 2.36. The minimum atomic E-state index is -1.47. The van der Waals surface area contributed by atoms with Crippen LogP contribution in [0.25, 0.3) is 22.3 Å². The molecule has 0 aliphatic carbocycles. The van der Waals surface area contributed by atoms with Crippen LogP contribution < -0.4 is 5.56 Å². The molecule has 0 saturated carbocycles. The number of esters is 1. The zero-order valence-electron chi connectivity index (χ0n) is 15.2. The number of cyclic esters (lactones) is 1. The van der Waals surface area contributed by atoms with Gasteiger partial charge in [-0.15, -0.1) is 0 Å². The molecule has 0 radical (unpaired) electrons. The molecule has 5 rings (SSSR count). The van der Waals surface area contributed by atoms with Crippen molar-refractivity contribution in [2.75, 3.05) is 0 Å². The number of rotatable bonds is 0. The van der Waals surface area contributed by atoms with Crippen molar-refractivity contribution in [3.63, 3.8) is 0 Å². The number of hydrogen-bond donors (Lipinski definition) is 1. The molecule has 0 spiro atoms. The highest BCUT2D eigenvalue weighted by atomic mass is 16.5. The van der Waals surface area contributed by atoms with E-state index in [4.69, 9.17) is 9.72 Å². The summed E-state index contributed by atoms with van der Waals surface area (Å²) in [7, 11) is 0. The topological polar surface area (TPSA) is 105 Å². The molecule has 0 amide bonds. The summed E-state index contributed by atoms with van der Waals surface area (Å²) in [5.41, 5.74) is 5.52. The maximum absolute atomic E-state index is 12.9. The van der Waals surface area contributed by atoms with E-state index in [1.165, 1.54) is 0 Å². The lowest BCUT2D eigenvalue weighted by Crippen LogP contribution is -2.32. The molecule has 138 valence electrons. The lowest BCUT2D eigenvalue weighted by molar-refractivity contribution is -0.157. The molecule has 0 bridgehead atoms. The number of nitrogens with zero attached hydrogens (tertiary/aromatic N) is 3. The van der Waals surface area contributed by atoms with Gasteiger partial charge in [0.05, 0.1) is 40.6 Å². The van der Waals surface area contributed by atoms with Crippen molar-refractivity contribution in [3.05, 3.63) is 61.9 Å². The summed E-state index contributed by atoms with van der Waals surface area (Å²) >= 11 is 0. The van der Waals surface area contributed by atoms with Gasteiger partial charge in [0.25, 0.3) is 5.56 Å². The van der Waals surface area contributed by atoms with Crippen LogP contribution in [-0.4, -0.2) is 20.6 Å². The van der Waals surface area contributed by atoms with Crippen LogP contribution in [0.2, 0.25) is 0 Å². The van der Waals surface area contributed by atoms with E-state index in [0.717, 1.165) is 22.1 Å². The fourth-order valence-corrected chi connectivity index (χ4v) is 4.06. The van der Waals surface area contributed by atoms with Crippen molar-refractivity contribution < 1.29 is 14.6 Å². The van der Waals surface area contributed by atoms with Crippen LogP contribution in [0.1, 0.15) is 39.5 Å². The largest absolute Gasteiger partial charge is 0.458 e. The van der Waals surface area contributed by atoms with E-state index < -0.39 is 12.1 Å². The van der Waals surface area contributed by atoms with Gasteiger partial charge in [0.1, 0.15) is 6.61 Å². The molecular formula is C21H15N3O4. The Kier molecular flexibility index (Phi) is 3.27. The second-order valence-electron chi connectivity index (χ2n) is 7.21. The Bertz CT molecular complexity index is 1330. The number of benzene rings is 1. The van der Waals surface area contributed by atoms with Gasteiger partial charge >= 0.3 is 5.97 Å². The minimum absolute atomic E-state index is 0.139. The minimum Gasteiger partial charge on any atom is -0.458 e. The van der Waals surface area contributed by atoms with Crippen molar-refractivity contribution in [1.82, 2.24) is 9.55 Å². The molecule has 1 N–H and O–H groups in total. The first-order chi connectivity index (χ1) is 13.4. The van der Waals surface area contributed by atoms with Crippen LogP contribution >= 0.6 is 0 Å². The van der Waals surface area contributed by atoms with E-state index in [0.29, 0.717) is 34.6 Å². The number of aliphatic hydroxyl groups excluding tert-OH is 1. The number of ether oxygens (including phenoxy) is 1. The van der Waals surface area contributed by atoms with Crippen LogP contribution in [0.3, 0.4) is 0 Å². The molecule has 1 aromatic carbocycles. The third-order valence-corrected chi connectivity index (χ3v) is 5.79. The van der Waals surface area contributed by atoms with Gasteiger partial charge in [-0.3, -0.25) is 4.79 Å². The van der Waals surface area contributed by atoms with Crippen molar-refractivity contribution >= 4 is 16.9 Å². The highest BCUT2D eigenvalue weighted by molar-refractivity contribution is 5.89. The molecule has 2 aliphatic rings. The number of aryl methyl sites for hydroxylation is 1. The van der Waals surface area contributed by atoms with Gasteiger partial charge in [-0.1, -0.05) is 0 Å². The Morgan fingerprint density at radius 1 is 1.25 bits per heavy atom. The van der Waals surface area contributed by atoms with E-state index in [1.807, 2.05) is 19.9 Å². The smallest absolute Gasteiger partial charge is 0.340 e. The van der Waals surface area contributed by atoms with E-state index in [-0.39, 0.29) is 17.7 Å². The summed E-state index contributed by atoms with van der Waals surface area (Å²) in [6, 6.07) is 7.61. The Morgan fingerprint density at radius 3 is 2.79 bits per heavy atom. The second-order valence-corrected chi connectivity index (χ2v) is 7.21. The average Bonchev–Trinajstić information content (AvgIpc) is 3.05. The molecule has 2 aliphatic heterocycles.